The Morgan fingerprint density at radius 2 is 2.16 bits per heavy atom. The summed E-state index contributed by atoms with van der Waals surface area (Å²) >= 11 is 11.8. The number of rotatable bonds is 5. The van der Waals surface area contributed by atoms with Gasteiger partial charge in [0.15, 0.2) is 6.29 Å². The van der Waals surface area contributed by atoms with E-state index in [-0.39, 0.29) is 0 Å². The first-order valence-corrected chi connectivity index (χ1v) is 6.42. The molecule has 0 spiro atoms. The number of benzene rings is 1. The van der Waals surface area contributed by atoms with Gasteiger partial charge in [0, 0.05) is 23.8 Å². The van der Waals surface area contributed by atoms with Crippen LogP contribution in [0.5, 0.6) is 5.75 Å². The van der Waals surface area contributed by atoms with Crippen LogP contribution in [0, 0.1) is 0 Å². The molecule has 0 radical (unpaired) electrons. The number of ether oxygens (including phenoxy) is 1. The van der Waals surface area contributed by atoms with Gasteiger partial charge >= 0.3 is 0 Å². The van der Waals surface area contributed by atoms with E-state index in [0.29, 0.717) is 40.7 Å². The molecule has 2 aromatic rings. The number of carbonyl (C=O) groups is 1. The number of nitrogens with zero attached hydrogens (tertiary/aromatic N) is 1. The van der Waals surface area contributed by atoms with Gasteiger partial charge in [0.2, 0.25) is 0 Å². The first-order chi connectivity index (χ1) is 9.20. The van der Waals surface area contributed by atoms with Crippen molar-refractivity contribution >= 4 is 29.5 Å². The molecule has 2 rings (SSSR count). The lowest BCUT2D eigenvalue weighted by molar-refractivity contribution is 0.111. The van der Waals surface area contributed by atoms with Crippen LogP contribution in [0.15, 0.2) is 36.7 Å². The highest BCUT2D eigenvalue weighted by molar-refractivity contribution is 6.36. The van der Waals surface area contributed by atoms with E-state index in [2.05, 4.69) is 4.98 Å². The predicted octanol–water partition coefficient (Wildman–Crippen LogP) is 3.82. The second kappa shape index (κ2) is 6.55. The van der Waals surface area contributed by atoms with Gasteiger partial charge in [-0.05, 0) is 23.8 Å². The molecule has 0 atom stereocenters. The van der Waals surface area contributed by atoms with E-state index in [1.807, 2.05) is 12.1 Å². The lowest BCUT2D eigenvalue weighted by Gasteiger charge is -2.10. The largest absolute Gasteiger partial charge is 0.491 e. The van der Waals surface area contributed by atoms with Crippen LogP contribution in [-0.2, 0) is 6.42 Å². The molecule has 0 aliphatic carbocycles. The third kappa shape index (κ3) is 3.69. The Balaban J connectivity index is 2.05. The molecular weight excluding hydrogens is 285 g/mol. The highest BCUT2D eigenvalue weighted by atomic mass is 35.5. The van der Waals surface area contributed by atoms with Gasteiger partial charge < -0.3 is 4.74 Å². The number of hydrogen-bond donors (Lipinski definition) is 0. The predicted molar refractivity (Wildman–Crippen MR) is 75.3 cm³/mol. The van der Waals surface area contributed by atoms with E-state index < -0.39 is 0 Å². The van der Waals surface area contributed by atoms with Crippen LogP contribution < -0.4 is 4.74 Å². The smallest absolute Gasteiger partial charge is 0.153 e. The minimum absolute atomic E-state index is 0.334. The van der Waals surface area contributed by atoms with Crippen LogP contribution in [0.2, 0.25) is 10.0 Å². The number of pyridine rings is 1. The SMILES string of the molecule is O=Cc1cc(Cl)cc(Cl)c1OCCc1cccnc1. The standard InChI is InChI=1S/C14H11Cl2NO2/c15-12-6-11(9-18)14(13(16)7-12)19-5-3-10-2-1-4-17-8-10/h1-2,4,6-9H,3,5H2. The van der Waals surface area contributed by atoms with Crippen LogP contribution >= 0.6 is 23.2 Å². The average molecular weight is 296 g/mol. The van der Waals surface area contributed by atoms with Gasteiger partial charge in [-0.1, -0.05) is 29.3 Å². The van der Waals surface area contributed by atoms with Crippen LogP contribution in [0.25, 0.3) is 0 Å². The van der Waals surface area contributed by atoms with Gasteiger partial charge in [0.25, 0.3) is 0 Å². The third-order valence-corrected chi connectivity index (χ3v) is 3.02. The van der Waals surface area contributed by atoms with E-state index >= 15 is 0 Å². The Kier molecular flexibility index (Phi) is 4.77. The second-order valence-corrected chi connectivity index (χ2v) is 4.73. The molecule has 1 aromatic heterocycles. The maximum atomic E-state index is 11.0. The fourth-order valence-electron chi connectivity index (χ4n) is 1.64. The maximum absolute atomic E-state index is 11.0. The molecule has 19 heavy (non-hydrogen) atoms. The molecular formula is C14H11Cl2NO2. The lowest BCUT2D eigenvalue weighted by atomic mass is 10.2. The third-order valence-electron chi connectivity index (χ3n) is 2.52. The summed E-state index contributed by atoms with van der Waals surface area (Å²) in [7, 11) is 0. The van der Waals surface area contributed by atoms with Crippen LogP contribution in [0.3, 0.4) is 0 Å². The van der Waals surface area contributed by atoms with Crippen molar-refractivity contribution in [1.29, 1.82) is 0 Å². The van der Waals surface area contributed by atoms with Gasteiger partial charge in [0.05, 0.1) is 17.2 Å². The Morgan fingerprint density at radius 1 is 1.32 bits per heavy atom. The average Bonchev–Trinajstić information content (AvgIpc) is 2.42. The van der Waals surface area contributed by atoms with Crippen LogP contribution in [0.1, 0.15) is 15.9 Å². The minimum atomic E-state index is 0.334. The topological polar surface area (TPSA) is 39.2 Å². The Morgan fingerprint density at radius 3 is 2.84 bits per heavy atom. The summed E-state index contributed by atoms with van der Waals surface area (Å²) in [6, 6.07) is 6.90. The van der Waals surface area contributed by atoms with E-state index in [4.69, 9.17) is 27.9 Å². The summed E-state index contributed by atoms with van der Waals surface area (Å²) in [6.07, 6.45) is 4.85. The summed E-state index contributed by atoms with van der Waals surface area (Å²) < 4.78 is 5.57. The molecule has 98 valence electrons. The molecule has 0 saturated carbocycles. The molecule has 0 N–H and O–H groups in total. The molecule has 1 aromatic carbocycles. The van der Waals surface area contributed by atoms with Crippen LogP contribution in [-0.4, -0.2) is 17.9 Å². The molecule has 1 heterocycles. The number of aldehydes is 1. The van der Waals surface area contributed by atoms with E-state index in [0.717, 1.165) is 5.56 Å². The second-order valence-electron chi connectivity index (χ2n) is 3.88. The zero-order chi connectivity index (χ0) is 13.7. The summed E-state index contributed by atoms with van der Waals surface area (Å²) in [5.74, 6) is 0.366. The Bertz CT molecular complexity index is 573. The van der Waals surface area contributed by atoms with Gasteiger partial charge in [-0.25, -0.2) is 0 Å². The highest BCUT2D eigenvalue weighted by Gasteiger charge is 2.10. The quantitative estimate of drug-likeness (QED) is 0.787. The van der Waals surface area contributed by atoms with Gasteiger partial charge in [-0.2, -0.15) is 0 Å². The van der Waals surface area contributed by atoms with Gasteiger partial charge in [0.1, 0.15) is 5.75 Å². The van der Waals surface area contributed by atoms with Crippen molar-refractivity contribution in [2.45, 2.75) is 6.42 Å². The highest BCUT2D eigenvalue weighted by Crippen LogP contribution is 2.31. The van der Waals surface area contributed by atoms with Crippen molar-refractivity contribution in [3.05, 3.63) is 57.8 Å². The zero-order valence-electron chi connectivity index (χ0n) is 9.98. The number of halogens is 2. The number of aromatic nitrogens is 1. The first-order valence-electron chi connectivity index (χ1n) is 5.66. The fraction of sp³-hybridized carbons (Fsp3) is 0.143. The van der Waals surface area contributed by atoms with Crippen molar-refractivity contribution < 1.29 is 9.53 Å². The number of hydrogen-bond acceptors (Lipinski definition) is 3. The van der Waals surface area contributed by atoms with E-state index in [9.17, 15) is 4.79 Å². The number of carbonyl (C=O) groups excluding carboxylic acids is 1. The summed E-state index contributed by atoms with van der Waals surface area (Å²) in [6.45, 7) is 0.411. The molecule has 0 bridgehead atoms. The zero-order valence-corrected chi connectivity index (χ0v) is 11.5. The normalized spacial score (nSPS) is 10.2. The van der Waals surface area contributed by atoms with Crippen LogP contribution in [0.4, 0.5) is 0 Å². The summed E-state index contributed by atoms with van der Waals surface area (Å²) in [5.41, 5.74) is 1.41. The van der Waals surface area contributed by atoms with Crippen molar-refractivity contribution in [3.63, 3.8) is 0 Å². The molecule has 0 aliphatic rings. The molecule has 0 aliphatic heterocycles. The first kappa shape index (κ1) is 13.8. The van der Waals surface area contributed by atoms with E-state index in [1.165, 1.54) is 6.07 Å². The summed E-state index contributed by atoms with van der Waals surface area (Å²) in [4.78, 5) is 15.0. The van der Waals surface area contributed by atoms with Gasteiger partial charge in [-0.3, -0.25) is 9.78 Å². The van der Waals surface area contributed by atoms with Gasteiger partial charge in [-0.15, -0.1) is 0 Å². The molecule has 5 heteroatoms. The maximum Gasteiger partial charge on any atom is 0.153 e. The van der Waals surface area contributed by atoms with Crippen molar-refractivity contribution in [3.8, 4) is 5.75 Å². The van der Waals surface area contributed by atoms with Crippen molar-refractivity contribution in [2.75, 3.05) is 6.61 Å². The van der Waals surface area contributed by atoms with Crippen molar-refractivity contribution in [1.82, 2.24) is 4.98 Å². The monoisotopic (exact) mass is 295 g/mol. The Labute approximate surface area is 121 Å². The minimum Gasteiger partial charge on any atom is -0.491 e. The molecule has 3 nitrogen and oxygen atoms in total. The molecule has 0 fully saturated rings. The van der Waals surface area contributed by atoms with E-state index in [1.54, 1.807) is 18.5 Å². The fourth-order valence-corrected chi connectivity index (χ4v) is 2.20. The molecule has 0 unspecified atom stereocenters. The molecule has 0 amide bonds. The summed E-state index contributed by atoms with van der Waals surface area (Å²) in [5, 5.41) is 0.743. The van der Waals surface area contributed by atoms with Crippen molar-refractivity contribution in [2.24, 2.45) is 0 Å². The lowest BCUT2D eigenvalue weighted by Crippen LogP contribution is -2.04. The molecule has 0 saturated heterocycles. The Hall–Kier alpha value is -1.58.